The minimum atomic E-state index is -3.17. The monoisotopic (exact) mass is 407 g/mol. The average Bonchev–Trinajstić information content (AvgIpc) is 2.69. The molecule has 1 atom stereocenters. The molecule has 0 aliphatic carbocycles. The van der Waals surface area contributed by atoms with Crippen LogP contribution < -0.4 is 0 Å². The molecule has 5 nitrogen and oxygen atoms in total. The first-order valence-electron chi connectivity index (χ1n) is 11.0. The Bertz CT molecular complexity index is 674. The molecule has 6 heteroatoms. The van der Waals surface area contributed by atoms with Crippen LogP contribution in [-0.2, 0) is 16.4 Å². The molecular formula is C22H37N3O2S. The molecule has 1 unspecified atom stereocenters. The van der Waals surface area contributed by atoms with Gasteiger partial charge in [0.25, 0.3) is 0 Å². The maximum Gasteiger partial charge on any atom is 0.211 e. The van der Waals surface area contributed by atoms with Crippen molar-refractivity contribution in [2.75, 3.05) is 52.1 Å². The topological polar surface area (TPSA) is 43.9 Å². The summed E-state index contributed by atoms with van der Waals surface area (Å²) in [7, 11) is -3.17. The van der Waals surface area contributed by atoms with Crippen molar-refractivity contribution in [3.63, 3.8) is 0 Å². The van der Waals surface area contributed by atoms with Crippen LogP contribution in [0.25, 0.3) is 0 Å². The van der Waals surface area contributed by atoms with E-state index < -0.39 is 10.0 Å². The van der Waals surface area contributed by atoms with Gasteiger partial charge in [0.15, 0.2) is 0 Å². The van der Waals surface area contributed by atoms with Gasteiger partial charge >= 0.3 is 0 Å². The molecule has 1 aromatic carbocycles. The summed E-state index contributed by atoms with van der Waals surface area (Å²) in [4.78, 5) is 4.90. The molecule has 0 bridgehead atoms. The summed E-state index contributed by atoms with van der Waals surface area (Å²) in [6.07, 6.45) is 9.49. The highest BCUT2D eigenvalue weighted by molar-refractivity contribution is 7.88. The van der Waals surface area contributed by atoms with Crippen LogP contribution in [0.4, 0.5) is 0 Å². The summed E-state index contributed by atoms with van der Waals surface area (Å²) in [6.45, 7) is 6.77. The molecule has 0 radical (unpaired) electrons. The number of rotatable bonds is 9. The maximum absolute atomic E-state index is 12.5. The van der Waals surface area contributed by atoms with E-state index >= 15 is 0 Å². The fourth-order valence-corrected chi connectivity index (χ4v) is 5.79. The molecule has 158 valence electrons. The minimum Gasteiger partial charge on any atom is -0.302 e. The molecule has 0 N–H and O–H groups in total. The van der Waals surface area contributed by atoms with Crippen LogP contribution in [0.2, 0.25) is 0 Å². The summed E-state index contributed by atoms with van der Waals surface area (Å²) in [5.41, 5.74) is 1.38. The van der Waals surface area contributed by atoms with Gasteiger partial charge in [-0.3, -0.25) is 0 Å². The zero-order chi connectivity index (χ0) is 19.8. The van der Waals surface area contributed by atoms with Crippen LogP contribution in [0.15, 0.2) is 30.3 Å². The van der Waals surface area contributed by atoms with Gasteiger partial charge in [-0.2, -0.15) is 4.31 Å². The van der Waals surface area contributed by atoms with Crippen molar-refractivity contribution in [3.8, 4) is 0 Å². The number of nitrogens with zero attached hydrogens (tertiary/aromatic N) is 3. The van der Waals surface area contributed by atoms with Gasteiger partial charge in [0.2, 0.25) is 10.0 Å². The van der Waals surface area contributed by atoms with E-state index in [2.05, 4.69) is 40.1 Å². The Balaban J connectivity index is 1.50. The van der Waals surface area contributed by atoms with Gasteiger partial charge in [-0.15, -0.1) is 0 Å². The van der Waals surface area contributed by atoms with E-state index in [4.69, 9.17) is 0 Å². The number of sulfonamides is 1. The average molecular weight is 408 g/mol. The third kappa shape index (κ3) is 6.83. The van der Waals surface area contributed by atoms with Crippen LogP contribution in [0.5, 0.6) is 0 Å². The zero-order valence-electron chi connectivity index (χ0n) is 17.4. The van der Waals surface area contributed by atoms with Gasteiger partial charge < -0.3 is 9.80 Å². The molecule has 0 aromatic heterocycles. The van der Waals surface area contributed by atoms with E-state index in [0.29, 0.717) is 6.54 Å². The second kappa shape index (κ2) is 10.7. The highest BCUT2D eigenvalue weighted by Crippen LogP contribution is 2.20. The largest absolute Gasteiger partial charge is 0.302 e. The normalized spacial score (nSPS) is 22.6. The molecular weight excluding hydrogens is 370 g/mol. The molecule has 2 aliphatic rings. The molecule has 2 fully saturated rings. The van der Waals surface area contributed by atoms with Crippen LogP contribution in [-0.4, -0.2) is 80.6 Å². The van der Waals surface area contributed by atoms with Crippen molar-refractivity contribution in [1.29, 1.82) is 0 Å². The molecule has 2 aliphatic heterocycles. The predicted octanol–water partition coefficient (Wildman–Crippen LogP) is 2.83. The lowest BCUT2D eigenvalue weighted by atomic mass is 10.0. The molecule has 28 heavy (non-hydrogen) atoms. The van der Waals surface area contributed by atoms with Crippen molar-refractivity contribution in [2.45, 2.75) is 51.0 Å². The molecule has 0 spiro atoms. The smallest absolute Gasteiger partial charge is 0.211 e. The van der Waals surface area contributed by atoms with Crippen LogP contribution in [0, 0.1) is 0 Å². The predicted molar refractivity (Wildman–Crippen MR) is 116 cm³/mol. The van der Waals surface area contributed by atoms with Crippen molar-refractivity contribution in [1.82, 2.24) is 14.1 Å². The molecule has 0 amide bonds. The highest BCUT2D eigenvalue weighted by Gasteiger charge is 2.31. The van der Waals surface area contributed by atoms with E-state index in [1.807, 2.05) is 0 Å². The first-order chi connectivity index (χ1) is 13.5. The first-order valence-corrected chi connectivity index (χ1v) is 12.8. The Labute approximate surface area is 171 Å². The Morgan fingerprint density at radius 1 is 0.964 bits per heavy atom. The zero-order valence-corrected chi connectivity index (χ0v) is 18.2. The molecule has 2 heterocycles. The number of piperidine rings is 2. The van der Waals surface area contributed by atoms with E-state index in [-0.39, 0.29) is 6.04 Å². The quantitative estimate of drug-likeness (QED) is 0.631. The minimum absolute atomic E-state index is 0.130. The summed E-state index contributed by atoms with van der Waals surface area (Å²) in [5.74, 6) is 0. The van der Waals surface area contributed by atoms with E-state index in [9.17, 15) is 8.42 Å². The fourth-order valence-electron chi connectivity index (χ4n) is 4.66. The van der Waals surface area contributed by atoms with Crippen LogP contribution >= 0.6 is 0 Å². The SMILES string of the molecule is CS(=O)(=O)N(CCN1CCCCC1)C1CCCN(CCCc2ccccc2)C1. The number of hydrogen-bond acceptors (Lipinski definition) is 4. The number of hydrogen-bond donors (Lipinski definition) is 0. The van der Waals surface area contributed by atoms with Crippen molar-refractivity contribution < 1.29 is 8.42 Å². The lowest BCUT2D eigenvalue weighted by Gasteiger charge is -2.39. The van der Waals surface area contributed by atoms with E-state index in [1.165, 1.54) is 31.1 Å². The van der Waals surface area contributed by atoms with Gasteiger partial charge in [-0.1, -0.05) is 36.8 Å². The lowest BCUT2D eigenvalue weighted by Crippen LogP contribution is -2.52. The van der Waals surface area contributed by atoms with Gasteiger partial charge in [0, 0.05) is 25.7 Å². The number of benzene rings is 1. The summed E-state index contributed by atoms with van der Waals surface area (Å²) in [6, 6.07) is 10.8. The Morgan fingerprint density at radius 2 is 1.68 bits per heavy atom. The summed E-state index contributed by atoms with van der Waals surface area (Å²) < 4.78 is 26.8. The van der Waals surface area contributed by atoms with Crippen molar-refractivity contribution in [2.24, 2.45) is 0 Å². The van der Waals surface area contributed by atoms with E-state index in [1.54, 1.807) is 4.31 Å². The molecule has 3 rings (SSSR count). The van der Waals surface area contributed by atoms with Gasteiger partial charge in [-0.25, -0.2) is 8.42 Å². The molecule has 1 aromatic rings. The third-order valence-electron chi connectivity index (χ3n) is 6.18. The van der Waals surface area contributed by atoms with Crippen LogP contribution in [0.1, 0.15) is 44.1 Å². The summed E-state index contributed by atoms with van der Waals surface area (Å²) >= 11 is 0. The number of likely N-dealkylation sites (tertiary alicyclic amines) is 2. The second-order valence-corrected chi connectivity index (χ2v) is 10.4. The summed E-state index contributed by atoms with van der Waals surface area (Å²) in [5, 5.41) is 0. The fraction of sp³-hybridized carbons (Fsp3) is 0.727. The van der Waals surface area contributed by atoms with Gasteiger partial charge in [0.05, 0.1) is 6.26 Å². The first kappa shape index (κ1) is 21.8. The van der Waals surface area contributed by atoms with Gasteiger partial charge in [0.1, 0.15) is 0 Å². The van der Waals surface area contributed by atoms with Crippen molar-refractivity contribution >= 4 is 10.0 Å². The molecule has 2 saturated heterocycles. The Morgan fingerprint density at radius 3 is 2.39 bits per heavy atom. The molecule has 0 saturated carbocycles. The van der Waals surface area contributed by atoms with Gasteiger partial charge in [-0.05, 0) is 70.3 Å². The lowest BCUT2D eigenvalue weighted by molar-refractivity contribution is 0.134. The van der Waals surface area contributed by atoms with Crippen LogP contribution in [0.3, 0.4) is 0 Å². The standard InChI is InChI=1S/C22H37N3O2S/c1-28(26,27)25(19-18-23-14-6-3-7-15-23)22-13-9-17-24(20-22)16-8-12-21-10-4-2-5-11-21/h2,4-5,10-11,22H,3,6-9,12-20H2,1H3. The maximum atomic E-state index is 12.5. The Kier molecular flexibility index (Phi) is 8.33. The number of aryl methyl sites for hydroxylation is 1. The second-order valence-electron chi connectivity index (χ2n) is 8.46. The highest BCUT2D eigenvalue weighted by atomic mass is 32.2. The van der Waals surface area contributed by atoms with E-state index in [0.717, 1.165) is 65.0 Å². The van der Waals surface area contributed by atoms with Crippen molar-refractivity contribution in [3.05, 3.63) is 35.9 Å². The third-order valence-corrected chi connectivity index (χ3v) is 7.51. The Hall–Kier alpha value is -0.950.